The number of para-hydroxylation sites is 1. The molecule has 1 amide bonds. The Morgan fingerprint density at radius 1 is 1.18 bits per heavy atom. The van der Waals surface area contributed by atoms with Crippen molar-refractivity contribution < 1.29 is 4.79 Å². The number of carbonyl (C=O) groups is 1. The molecular formula is C14H21N2O+. The monoisotopic (exact) mass is 233 g/mol. The van der Waals surface area contributed by atoms with E-state index in [1.165, 1.54) is 24.9 Å². The summed E-state index contributed by atoms with van der Waals surface area (Å²) in [5.41, 5.74) is 4.40. The highest BCUT2D eigenvalue weighted by Crippen LogP contribution is 2.25. The van der Waals surface area contributed by atoms with E-state index in [1.807, 2.05) is 25.1 Å². The van der Waals surface area contributed by atoms with Crippen LogP contribution < -0.4 is 10.0 Å². The van der Waals surface area contributed by atoms with Gasteiger partial charge in [-0.15, -0.1) is 0 Å². The van der Waals surface area contributed by atoms with Crippen LogP contribution in [0.1, 0.15) is 32.6 Å². The van der Waals surface area contributed by atoms with Gasteiger partial charge in [0.2, 0.25) is 0 Å². The van der Waals surface area contributed by atoms with E-state index in [4.69, 9.17) is 0 Å². The number of rotatable bonds is 3. The molecule has 3 heteroatoms. The summed E-state index contributed by atoms with van der Waals surface area (Å²) in [7, 11) is 0. The fourth-order valence-electron chi connectivity index (χ4n) is 2.52. The number of piperidine rings is 1. The van der Waals surface area contributed by atoms with Gasteiger partial charge in [-0.2, -0.15) is 10.0 Å². The van der Waals surface area contributed by atoms with E-state index in [2.05, 4.69) is 17.6 Å². The molecule has 0 radical (unpaired) electrons. The topological polar surface area (TPSA) is 29.1 Å². The molecule has 1 aromatic rings. The molecule has 0 atom stereocenters. The highest BCUT2D eigenvalue weighted by atomic mass is 16.2. The van der Waals surface area contributed by atoms with Gasteiger partial charge in [0.15, 0.2) is 5.69 Å². The normalized spacial score (nSPS) is 18.6. The smallest absolute Gasteiger partial charge is 0.265 e. The quantitative estimate of drug-likeness (QED) is 0.799. The summed E-state index contributed by atoms with van der Waals surface area (Å²) < 4.78 is 0.632. The van der Waals surface area contributed by atoms with E-state index in [1.54, 1.807) is 0 Å². The van der Waals surface area contributed by atoms with E-state index >= 15 is 0 Å². The maximum absolute atomic E-state index is 11.7. The van der Waals surface area contributed by atoms with Crippen LogP contribution in [-0.4, -0.2) is 19.0 Å². The van der Waals surface area contributed by atoms with Crippen LogP contribution in [0.2, 0.25) is 0 Å². The second-order valence-electron chi connectivity index (χ2n) is 4.70. The summed E-state index contributed by atoms with van der Waals surface area (Å²) in [6, 6.07) is 10.3. The summed E-state index contributed by atoms with van der Waals surface area (Å²) in [5, 5.41) is 0. The van der Waals surface area contributed by atoms with E-state index in [0.717, 1.165) is 13.1 Å². The Kier molecular flexibility index (Phi) is 3.79. The third kappa shape index (κ3) is 2.67. The molecule has 0 spiro atoms. The Labute approximate surface area is 103 Å². The first kappa shape index (κ1) is 12.1. The molecule has 1 aliphatic heterocycles. The molecule has 3 nitrogen and oxygen atoms in total. The minimum absolute atomic E-state index is 0.135. The molecule has 0 unspecified atom stereocenters. The summed E-state index contributed by atoms with van der Waals surface area (Å²) in [6.45, 7) is 3.92. The predicted octanol–water partition coefficient (Wildman–Crippen LogP) is 2.62. The summed E-state index contributed by atoms with van der Waals surface area (Å²) >= 11 is 0. The highest BCUT2D eigenvalue weighted by Gasteiger charge is 2.34. The molecule has 0 saturated carbocycles. The van der Waals surface area contributed by atoms with Crippen LogP contribution in [0.3, 0.4) is 0 Å². The van der Waals surface area contributed by atoms with Crippen molar-refractivity contribution in [1.82, 2.24) is 10.0 Å². The number of nitrogens with zero attached hydrogens (tertiary/aromatic N) is 1. The molecule has 1 heterocycles. The molecule has 0 aromatic heterocycles. The highest BCUT2D eigenvalue weighted by molar-refractivity contribution is 5.76. The van der Waals surface area contributed by atoms with Gasteiger partial charge in [0, 0.05) is 18.6 Å². The Balaban J connectivity index is 2.26. The number of amides is 1. The van der Waals surface area contributed by atoms with Crippen molar-refractivity contribution in [2.75, 3.05) is 13.1 Å². The average Bonchev–Trinajstić information content (AvgIpc) is 2.40. The van der Waals surface area contributed by atoms with Crippen LogP contribution in [0, 0.1) is 0 Å². The number of nitrogens with one attached hydrogen (secondary N) is 1. The van der Waals surface area contributed by atoms with Gasteiger partial charge in [-0.3, -0.25) is 4.79 Å². The molecule has 1 N–H and O–H groups in total. The molecule has 0 aliphatic carbocycles. The zero-order chi connectivity index (χ0) is 12.1. The van der Waals surface area contributed by atoms with Crippen LogP contribution >= 0.6 is 0 Å². The zero-order valence-electron chi connectivity index (χ0n) is 10.5. The van der Waals surface area contributed by atoms with E-state index in [-0.39, 0.29) is 5.91 Å². The van der Waals surface area contributed by atoms with Gasteiger partial charge < -0.3 is 0 Å². The Morgan fingerprint density at radius 2 is 1.82 bits per heavy atom. The molecule has 1 aromatic carbocycles. The van der Waals surface area contributed by atoms with Crippen molar-refractivity contribution in [1.29, 1.82) is 0 Å². The average molecular weight is 233 g/mol. The SMILES string of the molecule is CCC(=O)N[N+]1(c2ccccc2)CCCCC1. The Bertz CT molecular complexity index is 369. The second kappa shape index (κ2) is 5.32. The van der Waals surface area contributed by atoms with Crippen LogP contribution in [-0.2, 0) is 4.79 Å². The largest absolute Gasteiger partial charge is 0.270 e. The predicted molar refractivity (Wildman–Crippen MR) is 70.3 cm³/mol. The molecule has 17 heavy (non-hydrogen) atoms. The van der Waals surface area contributed by atoms with Gasteiger partial charge in [0.1, 0.15) is 13.1 Å². The second-order valence-corrected chi connectivity index (χ2v) is 4.70. The fraction of sp³-hybridized carbons (Fsp3) is 0.500. The van der Waals surface area contributed by atoms with Crippen LogP contribution in [0.15, 0.2) is 30.3 Å². The van der Waals surface area contributed by atoms with Gasteiger partial charge in [-0.05, 0) is 19.3 Å². The first-order valence-corrected chi connectivity index (χ1v) is 6.51. The molecule has 1 aliphatic rings. The first-order valence-electron chi connectivity index (χ1n) is 6.51. The lowest BCUT2D eigenvalue weighted by molar-refractivity contribution is -0.125. The number of carbonyl (C=O) groups excluding carboxylic acids is 1. The molecular weight excluding hydrogens is 212 g/mol. The van der Waals surface area contributed by atoms with Crippen molar-refractivity contribution in [2.24, 2.45) is 0 Å². The number of hydrogen-bond acceptors (Lipinski definition) is 1. The number of quaternary nitrogens is 1. The molecule has 92 valence electrons. The maximum atomic E-state index is 11.7. The van der Waals surface area contributed by atoms with Crippen molar-refractivity contribution in [2.45, 2.75) is 32.6 Å². The van der Waals surface area contributed by atoms with E-state index in [0.29, 0.717) is 11.0 Å². The fourth-order valence-corrected chi connectivity index (χ4v) is 2.52. The minimum atomic E-state index is 0.135. The third-order valence-electron chi connectivity index (χ3n) is 3.49. The Hall–Kier alpha value is -1.35. The van der Waals surface area contributed by atoms with Crippen molar-refractivity contribution >= 4 is 11.6 Å². The lowest BCUT2D eigenvalue weighted by atomic mass is 10.1. The summed E-state index contributed by atoms with van der Waals surface area (Å²) in [4.78, 5) is 11.7. The van der Waals surface area contributed by atoms with Gasteiger partial charge in [-0.25, -0.2) is 0 Å². The summed E-state index contributed by atoms with van der Waals surface area (Å²) in [6.07, 6.45) is 4.18. The van der Waals surface area contributed by atoms with Crippen molar-refractivity contribution in [3.8, 4) is 0 Å². The van der Waals surface area contributed by atoms with Crippen LogP contribution in [0.4, 0.5) is 5.69 Å². The first-order chi connectivity index (χ1) is 8.27. The lowest BCUT2D eigenvalue weighted by Crippen LogP contribution is -2.63. The number of benzene rings is 1. The van der Waals surface area contributed by atoms with Crippen molar-refractivity contribution in [3.05, 3.63) is 30.3 Å². The van der Waals surface area contributed by atoms with Gasteiger partial charge >= 0.3 is 0 Å². The lowest BCUT2D eigenvalue weighted by Gasteiger charge is -2.39. The molecule has 1 saturated heterocycles. The van der Waals surface area contributed by atoms with Crippen LogP contribution in [0.5, 0.6) is 0 Å². The van der Waals surface area contributed by atoms with Crippen LogP contribution in [0.25, 0.3) is 0 Å². The number of hydrogen-bond donors (Lipinski definition) is 1. The van der Waals surface area contributed by atoms with Gasteiger partial charge in [0.05, 0.1) is 0 Å². The van der Waals surface area contributed by atoms with E-state index in [9.17, 15) is 4.79 Å². The standard InChI is InChI=1S/C14H20N2O/c1-2-14(17)15-16(11-7-4-8-12-16)13-9-5-3-6-10-13/h3,5-6,9-10H,2,4,7-8,11-12H2,1H3/p+1. The zero-order valence-corrected chi connectivity index (χ0v) is 10.5. The Morgan fingerprint density at radius 3 is 2.41 bits per heavy atom. The summed E-state index contributed by atoms with van der Waals surface area (Å²) in [5.74, 6) is 0.135. The molecule has 0 bridgehead atoms. The molecule has 1 fully saturated rings. The minimum Gasteiger partial charge on any atom is -0.270 e. The third-order valence-corrected chi connectivity index (χ3v) is 3.49. The van der Waals surface area contributed by atoms with Gasteiger partial charge in [-0.1, -0.05) is 25.1 Å². The van der Waals surface area contributed by atoms with E-state index < -0.39 is 0 Å². The molecule has 2 rings (SSSR count). The van der Waals surface area contributed by atoms with Gasteiger partial charge in [0.25, 0.3) is 5.91 Å². The van der Waals surface area contributed by atoms with Crippen molar-refractivity contribution in [3.63, 3.8) is 0 Å². The maximum Gasteiger partial charge on any atom is 0.265 e.